The fourth-order valence-corrected chi connectivity index (χ4v) is 1.31. The van der Waals surface area contributed by atoms with E-state index in [1.54, 1.807) is 6.08 Å². The lowest BCUT2D eigenvalue weighted by atomic mass is 10.2. The van der Waals surface area contributed by atoms with E-state index in [1.165, 1.54) is 18.2 Å². The largest absolute Gasteiger partial charge is 0.485 e. The molecule has 78 valence electrons. The van der Waals surface area contributed by atoms with Crippen LogP contribution in [0.3, 0.4) is 0 Å². The molecule has 0 aromatic heterocycles. The third-order valence-electron chi connectivity index (χ3n) is 2.08. The Balaban J connectivity index is 2.32. The molecule has 0 N–H and O–H groups in total. The van der Waals surface area contributed by atoms with Crippen molar-refractivity contribution in [2.24, 2.45) is 0 Å². The van der Waals surface area contributed by atoms with Gasteiger partial charge in [0.1, 0.15) is 6.61 Å². The fourth-order valence-electron chi connectivity index (χ4n) is 1.31. The van der Waals surface area contributed by atoms with E-state index in [0.717, 1.165) is 0 Å². The van der Waals surface area contributed by atoms with E-state index in [-0.39, 0.29) is 11.8 Å². The second-order valence-corrected chi connectivity index (χ2v) is 3.09. The zero-order valence-corrected chi connectivity index (χ0v) is 7.88. The summed E-state index contributed by atoms with van der Waals surface area (Å²) in [5.41, 5.74) is -0.00518. The average molecular weight is 207 g/mol. The number of ether oxygens (including phenoxy) is 2. The molecule has 2 rings (SSSR count). The van der Waals surface area contributed by atoms with Gasteiger partial charge in [-0.1, -0.05) is 6.58 Å². The summed E-state index contributed by atoms with van der Waals surface area (Å²) in [6.07, 6.45) is 1.43. The van der Waals surface area contributed by atoms with Crippen LogP contribution in [0.15, 0.2) is 30.9 Å². The van der Waals surface area contributed by atoms with Crippen LogP contribution in [0.25, 0.3) is 0 Å². The number of nitro benzene ring substituents is 1. The van der Waals surface area contributed by atoms with Gasteiger partial charge in [0, 0.05) is 6.07 Å². The number of benzene rings is 1. The molecule has 0 unspecified atom stereocenters. The highest BCUT2D eigenvalue weighted by Crippen LogP contribution is 2.34. The van der Waals surface area contributed by atoms with E-state index in [0.29, 0.717) is 18.1 Å². The number of nitrogens with zero attached hydrogens (tertiary/aromatic N) is 1. The van der Waals surface area contributed by atoms with Crippen LogP contribution in [0.5, 0.6) is 11.5 Å². The number of fused-ring (bicyclic) bond motifs is 1. The van der Waals surface area contributed by atoms with Crippen molar-refractivity contribution in [2.75, 3.05) is 6.61 Å². The van der Waals surface area contributed by atoms with Crippen molar-refractivity contribution >= 4 is 5.69 Å². The highest BCUT2D eigenvalue weighted by Gasteiger charge is 2.20. The van der Waals surface area contributed by atoms with Crippen LogP contribution in [0, 0.1) is 10.1 Å². The summed E-state index contributed by atoms with van der Waals surface area (Å²) in [5.74, 6) is 0.916. The standard InChI is InChI=1S/C10H9NO4/c1-2-8-6-14-10-5-7(11(12)13)3-4-9(10)15-8/h2-5,8H,1,6H2/t8-/m1/s1. The summed E-state index contributed by atoms with van der Waals surface area (Å²) in [7, 11) is 0. The van der Waals surface area contributed by atoms with Crippen LogP contribution in [0.4, 0.5) is 5.69 Å². The van der Waals surface area contributed by atoms with Crippen molar-refractivity contribution in [1.82, 2.24) is 0 Å². The van der Waals surface area contributed by atoms with Gasteiger partial charge in [-0.05, 0) is 12.1 Å². The summed E-state index contributed by atoms with van der Waals surface area (Å²) in [6.45, 7) is 3.92. The molecule has 0 fully saturated rings. The molecule has 1 aromatic carbocycles. The number of rotatable bonds is 2. The first-order chi connectivity index (χ1) is 7.20. The molecule has 1 aliphatic heterocycles. The minimum atomic E-state index is -0.469. The van der Waals surface area contributed by atoms with Crippen LogP contribution in [0.2, 0.25) is 0 Å². The van der Waals surface area contributed by atoms with E-state index in [1.807, 2.05) is 0 Å². The smallest absolute Gasteiger partial charge is 0.273 e. The molecule has 0 radical (unpaired) electrons. The highest BCUT2D eigenvalue weighted by molar-refractivity contribution is 5.49. The predicted molar refractivity (Wildman–Crippen MR) is 53.2 cm³/mol. The molecule has 0 spiro atoms. The monoisotopic (exact) mass is 207 g/mol. The maximum Gasteiger partial charge on any atom is 0.273 e. The molecular weight excluding hydrogens is 198 g/mol. The minimum absolute atomic E-state index is 0.00518. The van der Waals surface area contributed by atoms with Gasteiger partial charge in [0.2, 0.25) is 0 Å². The van der Waals surface area contributed by atoms with Gasteiger partial charge >= 0.3 is 0 Å². The van der Waals surface area contributed by atoms with E-state index >= 15 is 0 Å². The Morgan fingerprint density at radius 3 is 3.00 bits per heavy atom. The molecule has 5 nitrogen and oxygen atoms in total. The Kier molecular flexibility index (Phi) is 2.29. The molecule has 0 aliphatic carbocycles. The summed E-state index contributed by atoms with van der Waals surface area (Å²) in [4.78, 5) is 10.0. The summed E-state index contributed by atoms with van der Waals surface area (Å²) >= 11 is 0. The quantitative estimate of drug-likeness (QED) is 0.422. The van der Waals surface area contributed by atoms with E-state index in [9.17, 15) is 10.1 Å². The number of nitro groups is 1. The lowest BCUT2D eigenvalue weighted by Gasteiger charge is -2.23. The molecule has 0 amide bonds. The molecular formula is C10H9NO4. The zero-order valence-electron chi connectivity index (χ0n) is 7.88. The van der Waals surface area contributed by atoms with Gasteiger partial charge in [-0.15, -0.1) is 0 Å². The third-order valence-corrected chi connectivity index (χ3v) is 2.08. The molecule has 5 heteroatoms. The van der Waals surface area contributed by atoms with E-state index in [2.05, 4.69) is 6.58 Å². The molecule has 1 aromatic rings. The Morgan fingerprint density at radius 1 is 1.53 bits per heavy atom. The molecule has 0 saturated heterocycles. The molecule has 1 atom stereocenters. The van der Waals surface area contributed by atoms with Crippen molar-refractivity contribution in [2.45, 2.75) is 6.10 Å². The topological polar surface area (TPSA) is 61.6 Å². The third kappa shape index (κ3) is 1.76. The van der Waals surface area contributed by atoms with Gasteiger partial charge in [0.05, 0.1) is 11.0 Å². The number of hydrogen-bond acceptors (Lipinski definition) is 4. The molecule has 1 aliphatic rings. The van der Waals surface area contributed by atoms with Crippen LogP contribution >= 0.6 is 0 Å². The first kappa shape index (κ1) is 9.51. The van der Waals surface area contributed by atoms with Crippen LogP contribution in [-0.4, -0.2) is 17.6 Å². The second kappa shape index (κ2) is 3.61. The van der Waals surface area contributed by atoms with Crippen molar-refractivity contribution in [3.8, 4) is 11.5 Å². The molecule has 1 heterocycles. The van der Waals surface area contributed by atoms with Gasteiger partial charge in [-0.2, -0.15) is 0 Å². The maximum absolute atomic E-state index is 10.5. The van der Waals surface area contributed by atoms with Crippen molar-refractivity contribution in [3.05, 3.63) is 41.0 Å². The summed E-state index contributed by atoms with van der Waals surface area (Å²) < 4.78 is 10.8. The van der Waals surface area contributed by atoms with Crippen LogP contribution < -0.4 is 9.47 Å². The van der Waals surface area contributed by atoms with Crippen molar-refractivity contribution in [1.29, 1.82) is 0 Å². The lowest BCUT2D eigenvalue weighted by Crippen LogP contribution is -2.26. The van der Waals surface area contributed by atoms with Gasteiger partial charge in [-0.3, -0.25) is 10.1 Å². The molecule has 0 bridgehead atoms. The minimum Gasteiger partial charge on any atom is -0.485 e. The Hall–Kier alpha value is -2.04. The second-order valence-electron chi connectivity index (χ2n) is 3.09. The van der Waals surface area contributed by atoms with Gasteiger partial charge in [0.25, 0.3) is 5.69 Å². The highest BCUT2D eigenvalue weighted by atomic mass is 16.6. The number of non-ortho nitro benzene ring substituents is 1. The van der Waals surface area contributed by atoms with Gasteiger partial charge < -0.3 is 9.47 Å². The summed E-state index contributed by atoms with van der Waals surface area (Å²) in [5, 5.41) is 10.5. The Labute approximate surface area is 86.1 Å². The predicted octanol–water partition coefficient (Wildman–Crippen LogP) is 1.92. The van der Waals surface area contributed by atoms with Gasteiger partial charge in [0.15, 0.2) is 17.6 Å². The first-order valence-electron chi connectivity index (χ1n) is 4.41. The van der Waals surface area contributed by atoms with Crippen molar-refractivity contribution in [3.63, 3.8) is 0 Å². The first-order valence-corrected chi connectivity index (χ1v) is 4.41. The molecule has 15 heavy (non-hydrogen) atoms. The normalized spacial score (nSPS) is 18.3. The Morgan fingerprint density at radius 2 is 2.33 bits per heavy atom. The zero-order chi connectivity index (χ0) is 10.8. The average Bonchev–Trinajstić information content (AvgIpc) is 2.27. The van der Waals surface area contributed by atoms with Crippen LogP contribution in [-0.2, 0) is 0 Å². The maximum atomic E-state index is 10.5. The number of hydrogen-bond donors (Lipinski definition) is 0. The van der Waals surface area contributed by atoms with Gasteiger partial charge in [-0.25, -0.2) is 0 Å². The van der Waals surface area contributed by atoms with E-state index in [4.69, 9.17) is 9.47 Å². The fraction of sp³-hybridized carbons (Fsp3) is 0.200. The van der Waals surface area contributed by atoms with Crippen LogP contribution in [0.1, 0.15) is 0 Å². The van der Waals surface area contributed by atoms with E-state index < -0.39 is 4.92 Å². The SMILES string of the molecule is C=C[C@@H]1COc2cc([N+](=O)[O-])ccc2O1. The Bertz CT molecular complexity index is 416. The summed E-state index contributed by atoms with van der Waals surface area (Å²) in [6, 6.07) is 4.27. The lowest BCUT2D eigenvalue weighted by molar-refractivity contribution is -0.385. The molecule has 0 saturated carbocycles. The van der Waals surface area contributed by atoms with Crippen molar-refractivity contribution < 1.29 is 14.4 Å².